The van der Waals surface area contributed by atoms with Crippen LogP contribution in [0.4, 0.5) is 5.69 Å². The molecule has 1 N–H and O–H groups in total. The Labute approximate surface area is 189 Å². The van der Waals surface area contributed by atoms with E-state index in [9.17, 15) is 19.5 Å². The molecule has 1 atom stereocenters. The molecular weight excluding hydrogens is 428 g/mol. The number of amides is 2. The molecule has 1 aliphatic rings. The SMILES string of the molecule is CC(=O)c1ccc(NC(=O)CC2OCCN(Cc3c([O-])on[n+]3-c3ccccc3)C2=O)cc1. The fourth-order valence-electron chi connectivity index (χ4n) is 3.51. The molecule has 2 amide bonds. The molecule has 2 heterocycles. The van der Waals surface area contributed by atoms with Gasteiger partial charge in [0.2, 0.25) is 11.6 Å². The Bertz CT molecular complexity index is 1160. The van der Waals surface area contributed by atoms with E-state index in [1.54, 1.807) is 48.5 Å². The normalized spacial score (nSPS) is 16.0. The van der Waals surface area contributed by atoms with E-state index < -0.39 is 23.9 Å². The molecule has 1 aromatic heterocycles. The summed E-state index contributed by atoms with van der Waals surface area (Å²) in [7, 11) is 0. The number of benzene rings is 2. The molecule has 1 unspecified atom stereocenters. The molecule has 1 fully saturated rings. The second kappa shape index (κ2) is 9.61. The maximum Gasteiger partial charge on any atom is 0.259 e. The van der Waals surface area contributed by atoms with Crippen LogP contribution in [-0.2, 0) is 20.9 Å². The molecule has 1 aliphatic heterocycles. The fraction of sp³-hybridized carbons (Fsp3) is 0.261. The average molecular weight is 450 g/mol. The van der Waals surface area contributed by atoms with Crippen molar-refractivity contribution in [3.8, 4) is 11.6 Å². The van der Waals surface area contributed by atoms with Crippen LogP contribution in [0.1, 0.15) is 29.4 Å². The molecule has 0 radical (unpaired) electrons. The predicted octanol–water partition coefficient (Wildman–Crippen LogP) is 0.984. The number of nitrogens with zero attached hydrogens (tertiary/aromatic N) is 3. The predicted molar refractivity (Wildman–Crippen MR) is 112 cm³/mol. The summed E-state index contributed by atoms with van der Waals surface area (Å²) < 4.78 is 11.7. The van der Waals surface area contributed by atoms with Crippen LogP contribution in [0.3, 0.4) is 0 Å². The van der Waals surface area contributed by atoms with E-state index in [4.69, 9.17) is 9.26 Å². The van der Waals surface area contributed by atoms with Gasteiger partial charge in [0, 0.05) is 29.9 Å². The summed E-state index contributed by atoms with van der Waals surface area (Å²) in [6.45, 7) is 1.93. The van der Waals surface area contributed by atoms with Gasteiger partial charge in [-0.15, -0.1) is 0 Å². The lowest BCUT2D eigenvalue weighted by atomic mass is 10.1. The number of hydrogen-bond donors (Lipinski definition) is 1. The minimum Gasteiger partial charge on any atom is -0.539 e. The molecule has 0 spiro atoms. The Morgan fingerprint density at radius 3 is 2.61 bits per heavy atom. The fourth-order valence-corrected chi connectivity index (χ4v) is 3.51. The van der Waals surface area contributed by atoms with Crippen molar-refractivity contribution in [3.63, 3.8) is 0 Å². The van der Waals surface area contributed by atoms with Gasteiger partial charge in [-0.2, -0.15) is 0 Å². The molecule has 1 saturated heterocycles. The number of carbonyl (C=O) groups excluding carboxylic acids is 3. The zero-order valence-corrected chi connectivity index (χ0v) is 17.9. The highest BCUT2D eigenvalue weighted by Gasteiger charge is 2.34. The van der Waals surface area contributed by atoms with E-state index >= 15 is 0 Å². The number of carbonyl (C=O) groups is 3. The number of anilines is 1. The first-order valence-electron chi connectivity index (χ1n) is 10.4. The van der Waals surface area contributed by atoms with Gasteiger partial charge in [0.15, 0.2) is 11.7 Å². The third kappa shape index (κ3) is 5.07. The van der Waals surface area contributed by atoms with Crippen molar-refractivity contribution in [3.05, 3.63) is 65.9 Å². The summed E-state index contributed by atoms with van der Waals surface area (Å²) in [4.78, 5) is 38.2. The van der Waals surface area contributed by atoms with E-state index in [0.29, 0.717) is 16.9 Å². The highest BCUT2D eigenvalue weighted by molar-refractivity contribution is 5.97. The smallest absolute Gasteiger partial charge is 0.259 e. The van der Waals surface area contributed by atoms with Crippen LogP contribution in [-0.4, -0.2) is 47.0 Å². The second-order valence-corrected chi connectivity index (χ2v) is 7.56. The van der Waals surface area contributed by atoms with E-state index in [1.807, 2.05) is 6.07 Å². The quantitative estimate of drug-likeness (QED) is 0.420. The minimum atomic E-state index is -0.976. The Hall–Kier alpha value is -4.05. The van der Waals surface area contributed by atoms with Crippen molar-refractivity contribution < 1.29 is 33.4 Å². The Morgan fingerprint density at radius 1 is 1.18 bits per heavy atom. The van der Waals surface area contributed by atoms with Crippen LogP contribution >= 0.6 is 0 Å². The summed E-state index contributed by atoms with van der Waals surface area (Å²) in [6.07, 6.45) is -1.16. The van der Waals surface area contributed by atoms with Crippen LogP contribution in [0.25, 0.3) is 5.69 Å². The minimum absolute atomic E-state index is 0.0238. The van der Waals surface area contributed by atoms with Gasteiger partial charge in [-0.1, -0.05) is 18.2 Å². The molecular formula is C23H22N4O6. The summed E-state index contributed by atoms with van der Waals surface area (Å²) >= 11 is 0. The number of aromatic nitrogens is 2. The van der Waals surface area contributed by atoms with E-state index in [2.05, 4.69) is 10.6 Å². The summed E-state index contributed by atoms with van der Waals surface area (Å²) in [5.41, 5.74) is 1.87. The molecule has 0 bridgehead atoms. The van der Waals surface area contributed by atoms with Gasteiger partial charge in [0.25, 0.3) is 11.6 Å². The molecule has 0 saturated carbocycles. The molecule has 2 aromatic carbocycles. The number of hydrogen-bond acceptors (Lipinski definition) is 7. The van der Waals surface area contributed by atoms with Crippen molar-refractivity contribution >= 4 is 23.3 Å². The number of para-hydroxylation sites is 1. The van der Waals surface area contributed by atoms with Gasteiger partial charge in [-0.3, -0.25) is 14.4 Å². The second-order valence-electron chi connectivity index (χ2n) is 7.56. The van der Waals surface area contributed by atoms with Crippen LogP contribution < -0.4 is 15.1 Å². The first-order chi connectivity index (χ1) is 15.9. The lowest BCUT2D eigenvalue weighted by Crippen LogP contribution is -2.50. The van der Waals surface area contributed by atoms with Crippen molar-refractivity contribution in [2.24, 2.45) is 0 Å². The summed E-state index contributed by atoms with van der Waals surface area (Å²) in [6, 6.07) is 15.4. The topological polar surface area (TPSA) is 129 Å². The zero-order valence-electron chi connectivity index (χ0n) is 17.9. The van der Waals surface area contributed by atoms with Crippen molar-refractivity contribution in [2.45, 2.75) is 26.0 Å². The molecule has 10 heteroatoms. The number of morpholine rings is 1. The summed E-state index contributed by atoms with van der Waals surface area (Å²) in [5, 5.41) is 18.7. The van der Waals surface area contributed by atoms with Crippen molar-refractivity contribution in [1.29, 1.82) is 0 Å². The molecule has 3 aromatic rings. The average Bonchev–Trinajstić information content (AvgIpc) is 3.17. The van der Waals surface area contributed by atoms with Gasteiger partial charge in [-0.25, -0.2) is 0 Å². The van der Waals surface area contributed by atoms with Crippen molar-refractivity contribution in [2.75, 3.05) is 18.5 Å². The van der Waals surface area contributed by atoms with Gasteiger partial charge < -0.3 is 24.6 Å². The van der Waals surface area contributed by atoms with E-state index in [0.717, 1.165) is 0 Å². The Kier molecular flexibility index (Phi) is 6.45. The largest absolute Gasteiger partial charge is 0.539 e. The van der Waals surface area contributed by atoms with E-state index in [1.165, 1.54) is 16.5 Å². The standard InChI is InChI=1S/C23H22N4O6/c1-15(28)16-7-9-17(10-8-16)24-21(29)13-20-22(30)26(11-12-32-20)14-19-23(31)33-25-27(19)18-5-3-2-4-6-18/h2-10,20H,11-14H2,1H3,(H-,24,25,28,29,31). The number of rotatable bonds is 7. The van der Waals surface area contributed by atoms with Gasteiger partial charge >= 0.3 is 0 Å². The lowest BCUT2D eigenvalue weighted by molar-refractivity contribution is -0.678. The molecule has 0 aliphatic carbocycles. The van der Waals surface area contributed by atoms with Crippen LogP contribution in [0.15, 0.2) is 59.1 Å². The molecule has 33 heavy (non-hydrogen) atoms. The maximum absolute atomic E-state index is 12.9. The third-order valence-corrected chi connectivity index (χ3v) is 5.25. The lowest BCUT2D eigenvalue weighted by Gasteiger charge is -2.31. The number of Topliss-reactive ketones (excluding diaryl/α,β-unsaturated/α-hetero) is 1. The van der Waals surface area contributed by atoms with Crippen LogP contribution in [0.5, 0.6) is 5.95 Å². The Balaban J connectivity index is 1.41. The number of ether oxygens (including phenoxy) is 1. The van der Waals surface area contributed by atoms with E-state index in [-0.39, 0.29) is 37.6 Å². The third-order valence-electron chi connectivity index (χ3n) is 5.25. The Morgan fingerprint density at radius 2 is 1.91 bits per heavy atom. The molecule has 170 valence electrons. The maximum atomic E-state index is 12.9. The first-order valence-corrected chi connectivity index (χ1v) is 10.4. The molecule has 10 nitrogen and oxygen atoms in total. The number of nitrogens with one attached hydrogen (secondary N) is 1. The van der Waals surface area contributed by atoms with Gasteiger partial charge in [-0.05, 0) is 35.9 Å². The monoisotopic (exact) mass is 450 g/mol. The summed E-state index contributed by atoms with van der Waals surface area (Å²) in [5.74, 6) is -1.51. The highest BCUT2D eigenvalue weighted by Crippen LogP contribution is 2.18. The first kappa shape index (κ1) is 22.2. The van der Waals surface area contributed by atoms with Gasteiger partial charge in [0.1, 0.15) is 12.6 Å². The highest BCUT2D eigenvalue weighted by atomic mass is 16.6. The van der Waals surface area contributed by atoms with Crippen LogP contribution in [0.2, 0.25) is 0 Å². The van der Waals surface area contributed by atoms with Gasteiger partial charge in [0.05, 0.1) is 18.3 Å². The van der Waals surface area contributed by atoms with Crippen LogP contribution in [0, 0.1) is 0 Å². The number of ketones is 1. The zero-order chi connectivity index (χ0) is 23.4. The van der Waals surface area contributed by atoms with Crippen molar-refractivity contribution in [1.82, 2.24) is 10.2 Å². The molecule has 4 rings (SSSR count).